The third-order valence-corrected chi connectivity index (χ3v) is 3.39. The van der Waals surface area contributed by atoms with E-state index in [9.17, 15) is 14.7 Å². The van der Waals surface area contributed by atoms with Gasteiger partial charge >= 0.3 is 5.97 Å². The van der Waals surface area contributed by atoms with Gasteiger partial charge < -0.3 is 9.52 Å². The molecule has 0 amide bonds. The van der Waals surface area contributed by atoms with Crippen LogP contribution in [-0.4, -0.2) is 25.3 Å². The Morgan fingerprint density at radius 1 is 1.50 bits per heavy atom. The first kappa shape index (κ1) is 12.5. The van der Waals surface area contributed by atoms with Crippen LogP contribution < -0.4 is 5.56 Å². The molecule has 7 nitrogen and oxygen atoms in total. The van der Waals surface area contributed by atoms with Crippen molar-refractivity contribution in [2.75, 3.05) is 0 Å². The van der Waals surface area contributed by atoms with Gasteiger partial charge in [0.2, 0.25) is 0 Å². The van der Waals surface area contributed by atoms with E-state index in [1.165, 1.54) is 6.26 Å². The third-order valence-electron chi connectivity index (χ3n) is 3.39. The van der Waals surface area contributed by atoms with Crippen molar-refractivity contribution in [3.8, 4) is 0 Å². The molecule has 0 spiro atoms. The van der Waals surface area contributed by atoms with Gasteiger partial charge in [0.15, 0.2) is 11.6 Å². The first-order valence-electron chi connectivity index (χ1n) is 6.25. The summed E-state index contributed by atoms with van der Waals surface area (Å²) in [7, 11) is 0. The molecule has 3 aromatic heterocycles. The third kappa shape index (κ3) is 1.56. The molecule has 0 saturated carbocycles. The van der Waals surface area contributed by atoms with E-state index in [1.807, 2.05) is 0 Å². The first-order chi connectivity index (χ1) is 9.54. The molecule has 0 saturated heterocycles. The van der Waals surface area contributed by atoms with Crippen LogP contribution in [0.2, 0.25) is 0 Å². The fraction of sp³-hybridized carbons (Fsp3) is 0.308. The van der Waals surface area contributed by atoms with Crippen LogP contribution in [0.1, 0.15) is 25.2 Å². The van der Waals surface area contributed by atoms with Crippen LogP contribution in [0.5, 0.6) is 0 Å². The number of carboxylic acids is 1. The highest BCUT2D eigenvalue weighted by Crippen LogP contribution is 2.20. The fourth-order valence-electron chi connectivity index (χ4n) is 2.46. The van der Waals surface area contributed by atoms with E-state index in [0.29, 0.717) is 16.9 Å². The molecule has 1 atom stereocenters. The molecule has 3 aromatic rings. The zero-order valence-electron chi connectivity index (χ0n) is 11.0. The predicted octanol–water partition coefficient (Wildman–Crippen LogP) is 1.59. The highest BCUT2D eigenvalue weighted by Gasteiger charge is 2.23. The number of aryl methyl sites for hydroxylation is 1. The molecule has 3 heterocycles. The van der Waals surface area contributed by atoms with Crippen LogP contribution in [0.25, 0.3) is 16.6 Å². The standard InChI is InChI=1S/C13H13N3O4/c1-3-8(13(18)19)16-12(17)10-6-11-9(4-5-20-11)15(10)7(2)14-16/h4-6,8H,3H2,1-2H3,(H,18,19)/t8-/m1/s1. The molecule has 0 fully saturated rings. The summed E-state index contributed by atoms with van der Waals surface area (Å²) in [5, 5.41) is 13.3. The van der Waals surface area contributed by atoms with Gasteiger partial charge in [0.1, 0.15) is 11.3 Å². The number of aliphatic carboxylic acids is 1. The Kier molecular flexibility index (Phi) is 2.63. The molecule has 104 valence electrons. The highest BCUT2D eigenvalue weighted by molar-refractivity contribution is 5.82. The molecule has 0 aliphatic heterocycles. The lowest BCUT2D eigenvalue weighted by molar-refractivity contribution is -0.141. The van der Waals surface area contributed by atoms with E-state index in [4.69, 9.17) is 4.42 Å². The van der Waals surface area contributed by atoms with Crippen molar-refractivity contribution in [3.05, 3.63) is 34.6 Å². The number of furan rings is 1. The van der Waals surface area contributed by atoms with E-state index in [1.54, 1.807) is 30.4 Å². The average Bonchev–Trinajstić information content (AvgIpc) is 2.95. The van der Waals surface area contributed by atoms with Crippen molar-refractivity contribution in [3.63, 3.8) is 0 Å². The van der Waals surface area contributed by atoms with Gasteiger partial charge in [0.25, 0.3) is 5.56 Å². The van der Waals surface area contributed by atoms with Crippen molar-refractivity contribution in [2.45, 2.75) is 26.3 Å². The second-order valence-corrected chi connectivity index (χ2v) is 4.59. The summed E-state index contributed by atoms with van der Waals surface area (Å²) in [6, 6.07) is 2.39. The highest BCUT2D eigenvalue weighted by atomic mass is 16.4. The van der Waals surface area contributed by atoms with Gasteiger partial charge in [-0.25, -0.2) is 9.48 Å². The molecule has 7 heteroatoms. The summed E-state index contributed by atoms with van der Waals surface area (Å²) in [4.78, 5) is 23.7. The van der Waals surface area contributed by atoms with Crippen molar-refractivity contribution in [2.24, 2.45) is 0 Å². The second kappa shape index (κ2) is 4.22. The van der Waals surface area contributed by atoms with E-state index >= 15 is 0 Å². The maximum absolute atomic E-state index is 12.4. The fourth-order valence-corrected chi connectivity index (χ4v) is 2.46. The largest absolute Gasteiger partial charge is 0.480 e. The molecule has 0 aromatic carbocycles. The molecule has 20 heavy (non-hydrogen) atoms. The lowest BCUT2D eigenvalue weighted by Crippen LogP contribution is -2.33. The molecule has 0 unspecified atom stereocenters. The molecule has 0 bridgehead atoms. The van der Waals surface area contributed by atoms with Crippen LogP contribution in [-0.2, 0) is 4.79 Å². The zero-order valence-corrected chi connectivity index (χ0v) is 11.0. The van der Waals surface area contributed by atoms with Gasteiger partial charge in [0.05, 0.1) is 11.8 Å². The van der Waals surface area contributed by atoms with Crippen LogP contribution in [0.3, 0.4) is 0 Å². The number of hydrogen-bond acceptors (Lipinski definition) is 4. The van der Waals surface area contributed by atoms with E-state index in [-0.39, 0.29) is 6.42 Å². The van der Waals surface area contributed by atoms with E-state index < -0.39 is 17.6 Å². The van der Waals surface area contributed by atoms with Gasteiger partial charge in [-0.15, -0.1) is 0 Å². The van der Waals surface area contributed by atoms with E-state index in [2.05, 4.69) is 5.10 Å². The topological polar surface area (TPSA) is 89.7 Å². The number of carbonyl (C=O) groups is 1. The number of carboxylic acid groups (broad SMARTS) is 1. The normalized spacial score (nSPS) is 13.1. The van der Waals surface area contributed by atoms with Crippen molar-refractivity contribution < 1.29 is 14.3 Å². The van der Waals surface area contributed by atoms with Crippen LogP contribution >= 0.6 is 0 Å². The SMILES string of the molecule is CC[C@H](C(=O)O)n1nc(C)n2c(cc3occc32)c1=O. The van der Waals surface area contributed by atoms with Crippen LogP contribution in [0.15, 0.2) is 27.6 Å². The maximum Gasteiger partial charge on any atom is 0.328 e. The Morgan fingerprint density at radius 2 is 2.25 bits per heavy atom. The summed E-state index contributed by atoms with van der Waals surface area (Å²) < 4.78 is 7.98. The Bertz CT molecular complexity index is 871. The minimum absolute atomic E-state index is 0.286. The molecule has 0 aliphatic rings. The molecular weight excluding hydrogens is 262 g/mol. The molecule has 0 radical (unpaired) electrons. The molecule has 0 aliphatic carbocycles. The maximum atomic E-state index is 12.4. The summed E-state index contributed by atoms with van der Waals surface area (Å²) >= 11 is 0. The van der Waals surface area contributed by atoms with Gasteiger partial charge in [-0.1, -0.05) is 6.92 Å². The summed E-state index contributed by atoms with van der Waals surface area (Å²) in [5.74, 6) is -0.531. The number of fused-ring (bicyclic) bond motifs is 3. The van der Waals surface area contributed by atoms with Gasteiger partial charge in [-0.3, -0.25) is 9.20 Å². The average molecular weight is 275 g/mol. The van der Waals surface area contributed by atoms with Gasteiger partial charge in [-0.2, -0.15) is 5.10 Å². The number of hydrogen-bond donors (Lipinski definition) is 1. The molecule has 3 rings (SSSR count). The summed E-state index contributed by atoms with van der Waals surface area (Å²) in [6.07, 6.45) is 1.82. The molecule has 1 N–H and O–H groups in total. The van der Waals surface area contributed by atoms with Crippen molar-refractivity contribution >= 4 is 22.6 Å². The van der Waals surface area contributed by atoms with Crippen LogP contribution in [0, 0.1) is 6.92 Å². The minimum Gasteiger partial charge on any atom is -0.480 e. The molecular formula is C13H13N3O4. The van der Waals surface area contributed by atoms with Crippen molar-refractivity contribution in [1.82, 2.24) is 14.2 Å². The Labute approximate surface area is 113 Å². The van der Waals surface area contributed by atoms with Gasteiger partial charge in [0, 0.05) is 12.1 Å². The quantitative estimate of drug-likeness (QED) is 0.783. The zero-order chi connectivity index (χ0) is 14.4. The Balaban J connectivity index is 2.39. The lowest BCUT2D eigenvalue weighted by Gasteiger charge is -2.13. The lowest BCUT2D eigenvalue weighted by atomic mass is 10.2. The Morgan fingerprint density at radius 3 is 2.90 bits per heavy atom. The summed E-state index contributed by atoms with van der Waals surface area (Å²) in [6.45, 7) is 3.43. The predicted molar refractivity (Wildman–Crippen MR) is 70.9 cm³/mol. The number of nitrogens with zero attached hydrogens (tertiary/aromatic N) is 3. The monoisotopic (exact) mass is 275 g/mol. The second-order valence-electron chi connectivity index (χ2n) is 4.59. The van der Waals surface area contributed by atoms with E-state index in [0.717, 1.165) is 10.2 Å². The first-order valence-corrected chi connectivity index (χ1v) is 6.25. The minimum atomic E-state index is -1.07. The smallest absolute Gasteiger partial charge is 0.328 e. The Hall–Kier alpha value is -2.57. The summed E-state index contributed by atoms with van der Waals surface area (Å²) in [5.41, 5.74) is 1.26. The van der Waals surface area contributed by atoms with Crippen LogP contribution in [0.4, 0.5) is 0 Å². The van der Waals surface area contributed by atoms with Gasteiger partial charge in [-0.05, 0) is 13.3 Å². The number of rotatable bonds is 3. The van der Waals surface area contributed by atoms with Crippen molar-refractivity contribution in [1.29, 1.82) is 0 Å². The number of aromatic nitrogens is 3.